The Kier molecular flexibility index (Phi) is 3.22. The van der Waals surface area contributed by atoms with Crippen molar-refractivity contribution in [3.05, 3.63) is 0 Å². The summed E-state index contributed by atoms with van der Waals surface area (Å²) in [6, 6.07) is 0. The Morgan fingerprint density at radius 2 is 2.18 bits per heavy atom. The van der Waals surface area contributed by atoms with Crippen LogP contribution in [0.3, 0.4) is 0 Å². The van der Waals surface area contributed by atoms with Crippen LogP contribution in [0.25, 0.3) is 0 Å². The molecule has 1 nitrogen and oxygen atoms in total. The van der Waals surface area contributed by atoms with E-state index in [1.807, 2.05) is 0 Å². The summed E-state index contributed by atoms with van der Waals surface area (Å²) in [7, 11) is 0. The Bertz CT molecular complexity index is 156. The molecule has 0 bridgehead atoms. The van der Waals surface area contributed by atoms with Crippen LogP contribution < -0.4 is 0 Å². The van der Waals surface area contributed by atoms with Crippen LogP contribution in [0, 0.1) is 5.41 Å². The molecule has 0 aliphatic heterocycles. The van der Waals surface area contributed by atoms with Gasteiger partial charge in [-0.2, -0.15) is 0 Å². The number of hydrogen-bond acceptors (Lipinski definition) is 1. The normalized spacial score (nSPS) is 33.5. The summed E-state index contributed by atoms with van der Waals surface area (Å²) in [5, 5.41) is 7.58. The zero-order chi connectivity index (χ0) is 8.32. The van der Waals surface area contributed by atoms with Crippen LogP contribution in [0.2, 0.25) is 4.09 Å². The molecule has 0 saturated heterocycles. The average Bonchev–Trinajstić information content (AvgIpc) is 2.15. The Labute approximate surface area is 78.7 Å². The van der Waals surface area contributed by atoms with Gasteiger partial charge in [-0.3, -0.25) is 0 Å². The van der Waals surface area contributed by atoms with Crippen molar-refractivity contribution in [3.63, 3.8) is 0 Å². The van der Waals surface area contributed by atoms with Crippen LogP contribution >= 0.6 is 0 Å². The molecule has 0 amide bonds. The first kappa shape index (κ1) is 9.36. The van der Waals surface area contributed by atoms with Crippen molar-refractivity contribution in [2.45, 2.75) is 49.5 Å². The van der Waals surface area contributed by atoms with E-state index in [0.717, 1.165) is 18.6 Å². The van der Waals surface area contributed by atoms with Gasteiger partial charge in [-0.15, -0.1) is 0 Å². The molecule has 1 unspecified atom stereocenters. The number of hydrogen-bond donors (Lipinski definition) is 1. The summed E-state index contributed by atoms with van der Waals surface area (Å²) >= 11 is 2.37. The zero-order valence-electron chi connectivity index (χ0n) is 7.74. The van der Waals surface area contributed by atoms with Gasteiger partial charge in [0.05, 0.1) is 0 Å². The minimum absolute atomic E-state index is 0.544. The minimum atomic E-state index is 0.544. The molecule has 58 valence electrons. The van der Waals surface area contributed by atoms with Gasteiger partial charge in [0.1, 0.15) is 0 Å². The van der Waals surface area contributed by atoms with E-state index < -0.39 is 0 Å². The van der Waals surface area contributed by atoms with Gasteiger partial charge in [-0.25, -0.2) is 0 Å². The summed E-state index contributed by atoms with van der Waals surface area (Å²) < 4.78 is 0.544. The molecule has 0 radical (unpaired) electrons. The Balaban J connectivity index is 2.52. The second-order valence-corrected chi connectivity index (χ2v) is 4.12. The molecule has 1 atom stereocenters. The second-order valence-electron chi connectivity index (χ2n) is 4.12. The first-order valence-corrected chi connectivity index (χ1v) is 4.72. The van der Waals surface area contributed by atoms with E-state index in [2.05, 4.69) is 24.6 Å². The van der Waals surface area contributed by atoms with Crippen molar-refractivity contribution < 1.29 is 0 Å². The van der Waals surface area contributed by atoms with Crippen molar-refractivity contribution in [2.75, 3.05) is 0 Å². The van der Waals surface area contributed by atoms with Crippen LogP contribution in [-0.4, -0.2) is 23.4 Å². The van der Waals surface area contributed by atoms with Gasteiger partial charge in [-0.1, -0.05) is 0 Å². The van der Waals surface area contributed by atoms with Crippen molar-refractivity contribution >= 4 is 23.4 Å². The molecule has 0 aromatic carbocycles. The van der Waals surface area contributed by atoms with Crippen LogP contribution in [0.4, 0.5) is 0 Å². The summed E-state index contributed by atoms with van der Waals surface area (Å²) in [4.78, 5) is 0. The monoisotopic (exact) mass is 145 g/mol. The maximum absolute atomic E-state index is 7.58. The summed E-state index contributed by atoms with van der Waals surface area (Å²) in [5.74, 6) is 0. The molecular weight excluding hydrogens is 129 g/mol. The van der Waals surface area contributed by atoms with Crippen LogP contribution in [0.5, 0.6) is 0 Å². The molecule has 1 saturated carbocycles. The van der Waals surface area contributed by atoms with Gasteiger partial charge in [-0.05, 0) is 0 Å². The van der Waals surface area contributed by atoms with Crippen molar-refractivity contribution in [1.82, 2.24) is 0 Å². The van der Waals surface area contributed by atoms with Gasteiger partial charge >= 0.3 is 78.4 Å². The first-order valence-electron chi connectivity index (χ1n) is 4.72. The first-order chi connectivity index (χ1) is 5.16. The predicted octanol–water partition coefficient (Wildman–Crippen LogP) is 2.71. The fraction of sp³-hybridized carbons (Fsp3) is 0.889. The zero-order valence-corrected chi connectivity index (χ0v) is 7.74. The molecule has 0 aromatic rings. The van der Waals surface area contributed by atoms with Gasteiger partial charge in [0.2, 0.25) is 0 Å². The molecule has 1 N–H and O–H groups in total. The molecule has 2 heteroatoms. The second kappa shape index (κ2) is 3.78. The summed E-state index contributed by atoms with van der Waals surface area (Å²) in [6.07, 6.45) is 7.18. The SMILES string of the molecule is [Li][C]1(CC)CCCC(=N)CC1. The van der Waals surface area contributed by atoms with Crippen LogP contribution in [0.1, 0.15) is 45.4 Å². The van der Waals surface area contributed by atoms with E-state index in [-0.39, 0.29) is 0 Å². The van der Waals surface area contributed by atoms with Gasteiger partial charge < -0.3 is 0 Å². The maximum atomic E-state index is 7.58. The molecule has 0 heterocycles. The van der Waals surface area contributed by atoms with Crippen molar-refractivity contribution in [2.24, 2.45) is 0 Å². The van der Waals surface area contributed by atoms with E-state index >= 15 is 0 Å². The third-order valence-electron chi connectivity index (χ3n) is 3.14. The van der Waals surface area contributed by atoms with Crippen LogP contribution in [0.15, 0.2) is 0 Å². The predicted molar refractivity (Wildman–Crippen MR) is 49.5 cm³/mol. The Morgan fingerprint density at radius 3 is 2.82 bits per heavy atom. The third kappa shape index (κ3) is 2.65. The molecule has 1 fully saturated rings. The quantitative estimate of drug-likeness (QED) is 0.433. The summed E-state index contributed by atoms with van der Waals surface area (Å²) in [5.41, 5.74) is 0.974. The molecule has 1 aliphatic rings. The fourth-order valence-corrected chi connectivity index (χ4v) is 1.78. The average molecular weight is 145 g/mol. The molecule has 0 spiro atoms. The van der Waals surface area contributed by atoms with E-state index in [9.17, 15) is 0 Å². The standard InChI is InChI=1S/C9H16N.Li/c1-2-8-4-3-5-9(10)7-6-8;/h10H,2-7H2,1H3;. The molecular formula is C9H16LiN. The Hall–Kier alpha value is 0.267. The van der Waals surface area contributed by atoms with E-state index in [1.165, 1.54) is 25.7 Å². The third-order valence-corrected chi connectivity index (χ3v) is 3.14. The van der Waals surface area contributed by atoms with Crippen molar-refractivity contribution in [3.8, 4) is 0 Å². The van der Waals surface area contributed by atoms with Gasteiger partial charge in [0.25, 0.3) is 0 Å². The van der Waals surface area contributed by atoms with Gasteiger partial charge in [0.15, 0.2) is 0 Å². The number of nitrogens with one attached hydrogen (secondary N) is 1. The molecule has 11 heavy (non-hydrogen) atoms. The molecule has 1 aliphatic carbocycles. The van der Waals surface area contributed by atoms with E-state index in [1.54, 1.807) is 0 Å². The molecule has 1 rings (SSSR count). The van der Waals surface area contributed by atoms with E-state index in [0.29, 0.717) is 4.09 Å². The van der Waals surface area contributed by atoms with Gasteiger partial charge in [0, 0.05) is 0 Å². The number of rotatable bonds is 1. The van der Waals surface area contributed by atoms with Crippen LogP contribution in [-0.2, 0) is 0 Å². The molecule has 0 aromatic heterocycles. The Morgan fingerprint density at radius 1 is 1.45 bits per heavy atom. The van der Waals surface area contributed by atoms with Crippen molar-refractivity contribution in [1.29, 1.82) is 5.41 Å². The van der Waals surface area contributed by atoms with E-state index in [4.69, 9.17) is 5.41 Å². The fourth-order valence-electron chi connectivity index (χ4n) is 1.78. The topological polar surface area (TPSA) is 23.9 Å². The summed E-state index contributed by atoms with van der Waals surface area (Å²) in [6.45, 7) is 2.27.